The Hall–Kier alpha value is -1.13. The van der Waals surface area contributed by atoms with Gasteiger partial charge in [-0.05, 0) is 24.6 Å². The maximum absolute atomic E-state index is 4.28. The van der Waals surface area contributed by atoms with Gasteiger partial charge in [-0.3, -0.25) is 0 Å². The average Bonchev–Trinajstić information content (AvgIpc) is 2.84. The number of benzene rings is 1. The fourth-order valence-electron chi connectivity index (χ4n) is 2.03. The number of hydrogen-bond acceptors (Lipinski definition) is 2. The van der Waals surface area contributed by atoms with Gasteiger partial charge in [-0.2, -0.15) is 0 Å². The summed E-state index contributed by atoms with van der Waals surface area (Å²) in [6.45, 7) is 7.35. The molecule has 1 N–H and O–H groups in total. The molecule has 0 bridgehead atoms. The summed E-state index contributed by atoms with van der Waals surface area (Å²) in [5.74, 6) is 0. The zero-order valence-corrected chi connectivity index (χ0v) is 13.2. The smallest absolute Gasteiger partial charge is 0.0954 e. The zero-order chi connectivity index (χ0) is 13.8. The van der Waals surface area contributed by atoms with Crippen LogP contribution in [0.3, 0.4) is 0 Å². The standard InChI is InChI=1S/C15H20BrN3/c1-11(2)18-9-15-8-17-10-19(15)12(3)13-4-6-14(16)7-5-13/h4-8,10-12,18H,9H2,1-3H3. The first-order valence-corrected chi connectivity index (χ1v) is 7.36. The second-order valence-electron chi connectivity index (χ2n) is 5.06. The quantitative estimate of drug-likeness (QED) is 0.908. The van der Waals surface area contributed by atoms with Gasteiger partial charge in [0.05, 0.1) is 18.1 Å². The average molecular weight is 322 g/mol. The van der Waals surface area contributed by atoms with Gasteiger partial charge in [-0.15, -0.1) is 0 Å². The van der Waals surface area contributed by atoms with Crippen LogP contribution in [-0.2, 0) is 6.54 Å². The zero-order valence-electron chi connectivity index (χ0n) is 11.6. The maximum atomic E-state index is 4.28. The molecule has 0 radical (unpaired) electrons. The van der Waals surface area contributed by atoms with Gasteiger partial charge in [0.2, 0.25) is 0 Å². The third kappa shape index (κ3) is 3.67. The van der Waals surface area contributed by atoms with Crippen LogP contribution in [0.1, 0.15) is 38.1 Å². The Balaban J connectivity index is 2.17. The number of imidazole rings is 1. The number of aromatic nitrogens is 2. The molecule has 0 aliphatic heterocycles. The van der Waals surface area contributed by atoms with Crippen LogP contribution in [-0.4, -0.2) is 15.6 Å². The highest BCUT2D eigenvalue weighted by molar-refractivity contribution is 9.10. The molecule has 0 spiro atoms. The lowest BCUT2D eigenvalue weighted by atomic mass is 10.1. The Morgan fingerprint density at radius 1 is 1.21 bits per heavy atom. The molecule has 1 aromatic carbocycles. The Labute approximate surface area is 123 Å². The van der Waals surface area contributed by atoms with Crippen molar-refractivity contribution in [2.45, 2.75) is 39.4 Å². The number of rotatable bonds is 5. The van der Waals surface area contributed by atoms with Gasteiger partial charge in [-0.1, -0.05) is 41.9 Å². The van der Waals surface area contributed by atoms with Crippen LogP contribution in [0.5, 0.6) is 0 Å². The van der Waals surface area contributed by atoms with E-state index >= 15 is 0 Å². The lowest BCUT2D eigenvalue weighted by molar-refractivity contribution is 0.539. The first-order valence-electron chi connectivity index (χ1n) is 6.57. The number of halogens is 1. The van der Waals surface area contributed by atoms with Gasteiger partial charge < -0.3 is 9.88 Å². The monoisotopic (exact) mass is 321 g/mol. The molecule has 0 aliphatic rings. The second kappa shape index (κ2) is 6.35. The molecule has 4 heteroatoms. The first-order chi connectivity index (χ1) is 9.08. The lowest BCUT2D eigenvalue weighted by Gasteiger charge is -2.18. The van der Waals surface area contributed by atoms with Crippen molar-refractivity contribution in [3.63, 3.8) is 0 Å². The molecule has 2 rings (SSSR count). The van der Waals surface area contributed by atoms with Gasteiger partial charge in [0.15, 0.2) is 0 Å². The summed E-state index contributed by atoms with van der Waals surface area (Å²) in [5.41, 5.74) is 2.50. The lowest BCUT2D eigenvalue weighted by Crippen LogP contribution is -2.24. The van der Waals surface area contributed by atoms with E-state index in [1.54, 1.807) is 0 Å². The largest absolute Gasteiger partial charge is 0.326 e. The number of nitrogens with one attached hydrogen (secondary N) is 1. The second-order valence-corrected chi connectivity index (χ2v) is 5.97. The highest BCUT2D eigenvalue weighted by atomic mass is 79.9. The van der Waals surface area contributed by atoms with Gasteiger partial charge >= 0.3 is 0 Å². The molecular weight excluding hydrogens is 302 g/mol. The molecule has 19 heavy (non-hydrogen) atoms. The molecular formula is C15H20BrN3. The predicted octanol–water partition coefficient (Wildman–Crippen LogP) is 3.75. The van der Waals surface area contributed by atoms with E-state index in [4.69, 9.17) is 0 Å². The summed E-state index contributed by atoms with van der Waals surface area (Å²) >= 11 is 3.47. The molecule has 0 amide bonds. The van der Waals surface area contributed by atoms with Gasteiger partial charge in [0.1, 0.15) is 0 Å². The fraction of sp³-hybridized carbons (Fsp3) is 0.400. The van der Waals surface area contributed by atoms with Crippen LogP contribution < -0.4 is 5.32 Å². The van der Waals surface area contributed by atoms with Crippen molar-refractivity contribution in [3.8, 4) is 0 Å². The summed E-state index contributed by atoms with van der Waals surface area (Å²) in [6, 6.07) is 9.22. The van der Waals surface area contributed by atoms with Crippen LogP contribution in [0.2, 0.25) is 0 Å². The van der Waals surface area contributed by atoms with Crippen molar-refractivity contribution in [2.75, 3.05) is 0 Å². The predicted molar refractivity (Wildman–Crippen MR) is 82.2 cm³/mol. The molecule has 0 fully saturated rings. The van der Waals surface area contributed by atoms with E-state index in [0.717, 1.165) is 11.0 Å². The summed E-state index contributed by atoms with van der Waals surface area (Å²) in [6.07, 6.45) is 3.84. The van der Waals surface area contributed by atoms with Crippen molar-refractivity contribution in [1.82, 2.24) is 14.9 Å². The normalized spacial score (nSPS) is 12.9. The molecule has 1 heterocycles. The van der Waals surface area contributed by atoms with Gasteiger partial charge in [0, 0.05) is 23.3 Å². The summed E-state index contributed by atoms with van der Waals surface area (Å²) in [4.78, 5) is 4.28. The molecule has 1 aromatic heterocycles. The van der Waals surface area contributed by atoms with Crippen LogP contribution >= 0.6 is 15.9 Å². The summed E-state index contributed by atoms with van der Waals surface area (Å²) in [5, 5.41) is 3.44. The number of hydrogen-bond donors (Lipinski definition) is 1. The van der Waals surface area contributed by atoms with Crippen molar-refractivity contribution in [2.24, 2.45) is 0 Å². The topological polar surface area (TPSA) is 29.9 Å². The van der Waals surface area contributed by atoms with Gasteiger partial charge in [-0.25, -0.2) is 4.98 Å². The SMILES string of the molecule is CC(C)NCc1cncn1C(C)c1ccc(Br)cc1. The number of nitrogens with zero attached hydrogens (tertiary/aromatic N) is 2. The summed E-state index contributed by atoms with van der Waals surface area (Å²) < 4.78 is 3.33. The van der Waals surface area contributed by atoms with E-state index in [0.29, 0.717) is 12.1 Å². The minimum atomic E-state index is 0.291. The van der Waals surface area contributed by atoms with E-state index in [9.17, 15) is 0 Å². The first kappa shape index (κ1) is 14.3. The summed E-state index contributed by atoms with van der Waals surface area (Å²) in [7, 11) is 0. The van der Waals surface area contributed by atoms with Crippen LogP contribution in [0.4, 0.5) is 0 Å². The highest BCUT2D eigenvalue weighted by Crippen LogP contribution is 2.21. The van der Waals surface area contributed by atoms with Gasteiger partial charge in [0.25, 0.3) is 0 Å². The third-order valence-corrected chi connectivity index (χ3v) is 3.74. The van der Waals surface area contributed by atoms with Crippen molar-refractivity contribution >= 4 is 15.9 Å². The Kier molecular flexibility index (Phi) is 4.77. The highest BCUT2D eigenvalue weighted by Gasteiger charge is 2.11. The molecule has 0 aliphatic carbocycles. The minimum absolute atomic E-state index is 0.291. The molecule has 1 atom stereocenters. The molecule has 2 aromatic rings. The Morgan fingerprint density at radius 2 is 1.89 bits per heavy atom. The van der Waals surface area contributed by atoms with Crippen LogP contribution in [0, 0.1) is 0 Å². The maximum Gasteiger partial charge on any atom is 0.0954 e. The fourth-order valence-corrected chi connectivity index (χ4v) is 2.29. The molecule has 3 nitrogen and oxygen atoms in total. The van der Waals surface area contributed by atoms with E-state index in [2.05, 4.69) is 75.8 Å². The van der Waals surface area contributed by atoms with Crippen LogP contribution in [0.25, 0.3) is 0 Å². The van der Waals surface area contributed by atoms with E-state index < -0.39 is 0 Å². The minimum Gasteiger partial charge on any atom is -0.326 e. The Morgan fingerprint density at radius 3 is 2.53 bits per heavy atom. The van der Waals surface area contributed by atoms with Crippen molar-refractivity contribution in [1.29, 1.82) is 0 Å². The van der Waals surface area contributed by atoms with Crippen LogP contribution in [0.15, 0.2) is 41.3 Å². The van der Waals surface area contributed by atoms with Crippen molar-refractivity contribution < 1.29 is 0 Å². The molecule has 1 unspecified atom stereocenters. The molecule has 0 saturated heterocycles. The van der Waals surface area contributed by atoms with Crippen molar-refractivity contribution in [3.05, 3.63) is 52.5 Å². The van der Waals surface area contributed by atoms with E-state index in [1.807, 2.05) is 12.5 Å². The third-order valence-electron chi connectivity index (χ3n) is 3.21. The van der Waals surface area contributed by atoms with E-state index in [-0.39, 0.29) is 0 Å². The Bertz CT molecular complexity index is 516. The van der Waals surface area contributed by atoms with E-state index in [1.165, 1.54) is 11.3 Å². The molecule has 0 saturated carbocycles. The molecule has 102 valence electrons.